The lowest BCUT2D eigenvalue weighted by atomic mass is 10.3. The van der Waals surface area contributed by atoms with Gasteiger partial charge in [0.15, 0.2) is 6.10 Å². The molecule has 1 atom stereocenters. The molecule has 0 saturated carbocycles. The Morgan fingerprint density at radius 1 is 1.44 bits per heavy atom. The molecule has 1 saturated heterocycles. The fourth-order valence-electron chi connectivity index (χ4n) is 1.54. The highest BCUT2D eigenvalue weighted by Crippen LogP contribution is 2.02. The minimum atomic E-state index is -1.64. The van der Waals surface area contributed by atoms with Crippen LogP contribution in [-0.2, 0) is 9.59 Å². The summed E-state index contributed by atoms with van der Waals surface area (Å²) in [6.07, 6.45) is -0.976. The number of nitrogens with one attached hydrogen (secondary N) is 1. The summed E-state index contributed by atoms with van der Waals surface area (Å²) in [6, 6.07) is -0.543. The molecule has 1 aliphatic rings. The van der Waals surface area contributed by atoms with Crippen LogP contribution in [0.25, 0.3) is 0 Å². The van der Waals surface area contributed by atoms with Gasteiger partial charge in [0.2, 0.25) is 5.91 Å². The van der Waals surface area contributed by atoms with Crippen LogP contribution in [0.4, 0.5) is 4.79 Å². The van der Waals surface area contributed by atoms with Gasteiger partial charge in [-0.15, -0.1) is 0 Å². The molecule has 0 aromatic rings. The molecule has 0 unspecified atom stereocenters. The smallest absolute Gasteiger partial charge is 0.334 e. The molecule has 1 fully saturated rings. The van der Waals surface area contributed by atoms with E-state index in [0.717, 1.165) is 0 Å². The number of rotatable bonds is 3. The first-order valence-electron chi connectivity index (χ1n) is 5.59. The molecule has 8 nitrogen and oxygen atoms in total. The maximum absolute atomic E-state index is 11.7. The first-order chi connectivity index (χ1) is 8.41. The Hall–Kier alpha value is -1.83. The third-order valence-corrected chi connectivity index (χ3v) is 2.69. The van der Waals surface area contributed by atoms with Crippen molar-refractivity contribution in [2.45, 2.75) is 12.5 Å². The van der Waals surface area contributed by atoms with E-state index < -0.39 is 18.1 Å². The van der Waals surface area contributed by atoms with Crippen molar-refractivity contribution >= 4 is 17.9 Å². The van der Waals surface area contributed by atoms with Crippen molar-refractivity contribution in [2.24, 2.45) is 0 Å². The maximum Gasteiger partial charge on any atom is 0.334 e. The van der Waals surface area contributed by atoms with Crippen LogP contribution in [0.3, 0.4) is 0 Å². The lowest BCUT2D eigenvalue weighted by Gasteiger charge is -2.20. The molecular formula is C10H17N3O5. The van der Waals surface area contributed by atoms with Crippen LogP contribution in [0.15, 0.2) is 0 Å². The molecule has 0 bridgehead atoms. The van der Waals surface area contributed by atoms with Gasteiger partial charge in [0.25, 0.3) is 0 Å². The molecule has 0 aliphatic carbocycles. The number of hydrogen-bond donors (Lipinski definition) is 3. The third kappa shape index (κ3) is 3.88. The van der Waals surface area contributed by atoms with E-state index in [0.29, 0.717) is 19.5 Å². The van der Waals surface area contributed by atoms with Crippen molar-refractivity contribution in [3.8, 4) is 0 Å². The number of hydrogen-bond acceptors (Lipinski definition) is 4. The van der Waals surface area contributed by atoms with Gasteiger partial charge in [0.1, 0.15) is 6.54 Å². The fourth-order valence-corrected chi connectivity index (χ4v) is 1.54. The van der Waals surface area contributed by atoms with E-state index in [9.17, 15) is 14.4 Å². The van der Waals surface area contributed by atoms with E-state index in [2.05, 4.69) is 5.32 Å². The van der Waals surface area contributed by atoms with E-state index >= 15 is 0 Å². The number of carboxylic acids is 1. The summed E-state index contributed by atoms with van der Waals surface area (Å²) in [4.78, 5) is 36.4. The monoisotopic (exact) mass is 259 g/mol. The zero-order chi connectivity index (χ0) is 13.7. The standard InChI is InChI=1S/C10H17N3O5/c1-12-3-2-4-13(6-8(12)15)10(18)11-5-7(14)9(16)17/h7,14H,2-6H2,1H3,(H,11,18)(H,16,17)/t7-/m0/s1. The number of carbonyl (C=O) groups is 3. The first kappa shape index (κ1) is 14.2. The Balaban J connectivity index is 2.46. The highest BCUT2D eigenvalue weighted by atomic mass is 16.4. The fraction of sp³-hybridized carbons (Fsp3) is 0.700. The van der Waals surface area contributed by atoms with E-state index in [1.165, 1.54) is 4.90 Å². The Morgan fingerprint density at radius 3 is 2.72 bits per heavy atom. The largest absolute Gasteiger partial charge is 0.479 e. The summed E-state index contributed by atoms with van der Waals surface area (Å²) in [7, 11) is 1.66. The molecule has 3 N–H and O–H groups in total. The minimum absolute atomic E-state index is 0.0362. The molecule has 1 aliphatic heterocycles. The van der Waals surface area contributed by atoms with Crippen molar-refractivity contribution in [1.29, 1.82) is 0 Å². The molecule has 0 aromatic carbocycles. The lowest BCUT2D eigenvalue weighted by Crippen LogP contribution is -2.46. The van der Waals surface area contributed by atoms with Gasteiger partial charge in [-0.3, -0.25) is 4.79 Å². The van der Waals surface area contributed by atoms with Gasteiger partial charge in [0.05, 0.1) is 6.54 Å². The summed E-state index contributed by atoms with van der Waals surface area (Å²) >= 11 is 0. The van der Waals surface area contributed by atoms with Gasteiger partial charge >= 0.3 is 12.0 Å². The quantitative estimate of drug-likeness (QED) is 0.560. The molecule has 3 amide bonds. The average molecular weight is 259 g/mol. The minimum Gasteiger partial charge on any atom is -0.479 e. The maximum atomic E-state index is 11.7. The number of carbonyl (C=O) groups excluding carboxylic acids is 2. The van der Waals surface area contributed by atoms with Gasteiger partial charge in [-0.2, -0.15) is 0 Å². The van der Waals surface area contributed by atoms with Crippen molar-refractivity contribution in [3.05, 3.63) is 0 Å². The summed E-state index contributed by atoms with van der Waals surface area (Å²) in [5.41, 5.74) is 0. The average Bonchev–Trinajstić information content (AvgIpc) is 2.48. The number of carboxylic acid groups (broad SMARTS) is 1. The van der Waals surface area contributed by atoms with Crippen molar-refractivity contribution in [2.75, 3.05) is 33.2 Å². The van der Waals surface area contributed by atoms with Crippen LogP contribution in [0, 0.1) is 0 Å². The predicted molar refractivity (Wildman–Crippen MR) is 60.9 cm³/mol. The molecule has 18 heavy (non-hydrogen) atoms. The summed E-state index contributed by atoms with van der Waals surface area (Å²) in [6.45, 7) is 0.589. The van der Waals surface area contributed by atoms with Crippen LogP contribution < -0.4 is 5.32 Å². The molecule has 0 radical (unpaired) electrons. The van der Waals surface area contributed by atoms with Gasteiger partial charge in [-0.05, 0) is 6.42 Å². The Morgan fingerprint density at radius 2 is 2.11 bits per heavy atom. The highest BCUT2D eigenvalue weighted by Gasteiger charge is 2.23. The second-order valence-electron chi connectivity index (χ2n) is 4.13. The SMILES string of the molecule is CN1CCCN(C(=O)NC[C@H](O)C(=O)O)CC1=O. The molecule has 1 heterocycles. The van der Waals surface area contributed by atoms with Gasteiger partial charge in [0, 0.05) is 20.1 Å². The number of aliphatic hydroxyl groups excluding tert-OH is 1. The Bertz CT molecular complexity index is 346. The van der Waals surface area contributed by atoms with E-state index in [1.54, 1.807) is 11.9 Å². The second kappa shape index (κ2) is 6.20. The van der Waals surface area contributed by atoms with E-state index in [1.807, 2.05) is 0 Å². The first-order valence-corrected chi connectivity index (χ1v) is 5.59. The number of aliphatic carboxylic acids is 1. The Kier molecular flexibility index (Phi) is 4.90. The molecule has 102 valence electrons. The highest BCUT2D eigenvalue weighted by molar-refractivity contribution is 5.84. The van der Waals surface area contributed by atoms with Gasteiger partial charge in [-0.25, -0.2) is 9.59 Å². The zero-order valence-corrected chi connectivity index (χ0v) is 10.1. The molecule has 0 spiro atoms. The number of urea groups is 1. The molecule has 0 aromatic heterocycles. The van der Waals surface area contributed by atoms with Gasteiger partial charge in [-0.1, -0.05) is 0 Å². The van der Waals surface area contributed by atoms with Gasteiger partial charge < -0.3 is 25.3 Å². The van der Waals surface area contributed by atoms with E-state index in [-0.39, 0.29) is 19.0 Å². The number of nitrogens with zero attached hydrogens (tertiary/aromatic N) is 2. The van der Waals surface area contributed by atoms with Crippen LogP contribution in [0.5, 0.6) is 0 Å². The second-order valence-corrected chi connectivity index (χ2v) is 4.13. The van der Waals surface area contributed by atoms with Crippen molar-refractivity contribution < 1.29 is 24.6 Å². The zero-order valence-electron chi connectivity index (χ0n) is 10.1. The van der Waals surface area contributed by atoms with Crippen molar-refractivity contribution in [1.82, 2.24) is 15.1 Å². The predicted octanol–water partition coefficient (Wildman–Crippen LogP) is -1.69. The number of aliphatic hydroxyl groups is 1. The Labute approximate surface area is 104 Å². The molecule has 8 heteroatoms. The topological polar surface area (TPSA) is 110 Å². The molecule has 1 rings (SSSR count). The summed E-state index contributed by atoms with van der Waals surface area (Å²) in [5, 5.41) is 19.7. The summed E-state index contributed by atoms with van der Waals surface area (Å²) < 4.78 is 0. The third-order valence-electron chi connectivity index (χ3n) is 2.69. The normalized spacial score (nSPS) is 18.2. The van der Waals surface area contributed by atoms with Crippen LogP contribution >= 0.6 is 0 Å². The van der Waals surface area contributed by atoms with Crippen LogP contribution in [0.1, 0.15) is 6.42 Å². The van der Waals surface area contributed by atoms with E-state index in [4.69, 9.17) is 10.2 Å². The lowest BCUT2D eigenvalue weighted by molar-refractivity contribution is -0.146. The number of amides is 3. The number of likely N-dealkylation sites (N-methyl/N-ethyl adjacent to an activating group) is 1. The van der Waals surface area contributed by atoms with Crippen molar-refractivity contribution in [3.63, 3.8) is 0 Å². The van der Waals surface area contributed by atoms with Crippen LogP contribution in [0.2, 0.25) is 0 Å². The summed E-state index contributed by atoms with van der Waals surface area (Å²) in [5.74, 6) is -1.57. The van der Waals surface area contributed by atoms with Crippen LogP contribution in [-0.4, -0.2) is 77.3 Å². The molecular weight excluding hydrogens is 242 g/mol.